The van der Waals surface area contributed by atoms with E-state index in [1.54, 1.807) is 0 Å². The Hall–Kier alpha value is -1.02. The van der Waals surface area contributed by atoms with Gasteiger partial charge in [-0.3, -0.25) is 0 Å². The first-order valence-electron chi connectivity index (χ1n) is 3.74. The molecule has 1 rings (SSSR count). The third-order valence-electron chi connectivity index (χ3n) is 1.46. The molecule has 0 aliphatic rings. The largest absolute Gasteiger partial charge is 0.574 e. The van der Waals surface area contributed by atoms with Crippen LogP contribution >= 0.6 is 15.9 Å². The van der Waals surface area contributed by atoms with Gasteiger partial charge in [0.2, 0.25) is 5.88 Å². The molecule has 1 aromatic rings. The fraction of sp³-hybridized carbons (Fsp3) is 0.286. The second kappa shape index (κ2) is 4.23. The maximum Gasteiger partial charge on any atom is 0.574 e. The lowest BCUT2D eigenvalue weighted by molar-refractivity contribution is -0.276. The van der Waals surface area contributed by atoms with Crippen LogP contribution in [0.15, 0.2) is 10.5 Å². The van der Waals surface area contributed by atoms with E-state index >= 15 is 0 Å². The van der Waals surface area contributed by atoms with Crippen molar-refractivity contribution in [2.75, 3.05) is 5.73 Å². The number of aromatic nitrogens is 1. The number of nitrogen functional groups attached to an aromatic ring is 1. The smallest absolute Gasteiger partial charge is 0.397 e. The lowest BCUT2D eigenvalue weighted by Crippen LogP contribution is -2.19. The van der Waals surface area contributed by atoms with Gasteiger partial charge in [-0.05, 0) is 22.0 Å². The van der Waals surface area contributed by atoms with Crippen molar-refractivity contribution in [3.8, 4) is 5.88 Å². The molecule has 0 saturated heterocycles. The van der Waals surface area contributed by atoms with Gasteiger partial charge in [0.05, 0.1) is 15.9 Å². The molecule has 15 heavy (non-hydrogen) atoms. The molecule has 0 atom stereocenters. The molecule has 4 N–H and O–H groups in total. The maximum absolute atomic E-state index is 11.9. The van der Waals surface area contributed by atoms with Crippen molar-refractivity contribution in [3.05, 3.63) is 16.2 Å². The predicted octanol–water partition coefficient (Wildman–Crippen LogP) is 1.78. The zero-order chi connectivity index (χ0) is 11.6. The van der Waals surface area contributed by atoms with Crippen molar-refractivity contribution in [1.29, 1.82) is 0 Å². The van der Waals surface area contributed by atoms with E-state index in [4.69, 9.17) is 11.5 Å². The lowest BCUT2D eigenvalue weighted by Gasteiger charge is -2.11. The van der Waals surface area contributed by atoms with Crippen LogP contribution in [0.25, 0.3) is 0 Å². The van der Waals surface area contributed by atoms with Gasteiger partial charge in [-0.25, -0.2) is 4.98 Å². The van der Waals surface area contributed by atoms with Crippen LogP contribution in [0, 0.1) is 0 Å². The fourth-order valence-corrected chi connectivity index (χ4v) is 1.28. The molecule has 0 unspecified atom stereocenters. The van der Waals surface area contributed by atoms with Crippen LogP contribution in [0.3, 0.4) is 0 Å². The molecule has 0 aliphatic carbocycles. The molecule has 0 bridgehead atoms. The van der Waals surface area contributed by atoms with Crippen LogP contribution in [-0.2, 0) is 6.54 Å². The number of pyridine rings is 1. The van der Waals surface area contributed by atoms with Gasteiger partial charge in [-0.1, -0.05) is 0 Å². The van der Waals surface area contributed by atoms with Gasteiger partial charge in [0, 0.05) is 6.54 Å². The SMILES string of the molecule is NCc1nc(OC(F)(F)F)c(Br)cc1N. The van der Waals surface area contributed by atoms with E-state index in [0.29, 0.717) is 0 Å². The summed E-state index contributed by atoms with van der Waals surface area (Å²) in [5.74, 6) is -0.600. The minimum Gasteiger partial charge on any atom is -0.397 e. The Labute approximate surface area is 91.5 Å². The Morgan fingerprint density at radius 1 is 1.47 bits per heavy atom. The third kappa shape index (κ3) is 3.24. The van der Waals surface area contributed by atoms with Gasteiger partial charge in [0.1, 0.15) is 0 Å². The maximum atomic E-state index is 11.9. The number of ether oxygens (including phenoxy) is 1. The van der Waals surface area contributed by atoms with Gasteiger partial charge < -0.3 is 16.2 Å². The minimum absolute atomic E-state index is 0.0227. The van der Waals surface area contributed by atoms with E-state index in [0.717, 1.165) is 0 Å². The van der Waals surface area contributed by atoms with Crippen LogP contribution in [-0.4, -0.2) is 11.3 Å². The van der Waals surface area contributed by atoms with E-state index < -0.39 is 12.2 Å². The topological polar surface area (TPSA) is 74.2 Å². The highest BCUT2D eigenvalue weighted by molar-refractivity contribution is 9.10. The zero-order valence-corrected chi connectivity index (χ0v) is 8.89. The average Bonchev–Trinajstić information content (AvgIpc) is 2.07. The van der Waals surface area contributed by atoms with Crippen molar-refractivity contribution in [2.24, 2.45) is 5.73 Å². The number of nitrogens with two attached hydrogens (primary N) is 2. The number of rotatable bonds is 2. The monoisotopic (exact) mass is 285 g/mol. The molecule has 0 spiro atoms. The predicted molar refractivity (Wildman–Crippen MR) is 50.9 cm³/mol. The zero-order valence-electron chi connectivity index (χ0n) is 7.31. The molecule has 0 amide bonds. The molecule has 0 aliphatic heterocycles. The van der Waals surface area contributed by atoms with Gasteiger partial charge in [-0.15, -0.1) is 13.2 Å². The molecular weight excluding hydrogens is 279 g/mol. The number of alkyl halides is 3. The molecular formula is C7H7BrF3N3O. The minimum atomic E-state index is -4.79. The van der Waals surface area contributed by atoms with Gasteiger partial charge >= 0.3 is 6.36 Å². The number of halogens is 4. The van der Waals surface area contributed by atoms with Crippen LogP contribution in [0.2, 0.25) is 0 Å². The fourth-order valence-electron chi connectivity index (χ4n) is 0.867. The third-order valence-corrected chi connectivity index (χ3v) is 2.03. The molecule has 0 saturated carbocycles. The quantitative estimate of drug-likeness (QED) is 0.869. The summed E-state index contributed by atoms with van der Waals surface area (Å²) in [7, 11) is 0. The second-order valence-corrected chi connectivity index (χ2v) is 3.42. The van der Waals surface area contributed by atoms with Crippen LogP contribution in [0.5, 0.6) is 5.88 Å². The van der Waals surface area contributed by atoms with E-state index in [1.807, 2.05) is 0 Å². The first-order valence-corrected chi connectivity index (χ1v) is 4.53. The normalized spacial score (nSPS) is 11.5. The number of nitrogens with zero attached hydrogens (tertiary/aromatic N) is 1. The molecule has 0 aromatic carbocycles. The molecule has 1 aromatic heterocycles. The summed E-state index contributed by atoms with van der Waals surface area (Å²) < 4.78 is 39.4. The highest BCUT2D eigenvalue weighted by Crippen LogP contribution is 2.30. The lowest BCUT2D eigenvalue weighted by atomic mass is 10.3. The second-order valence-electron chi connectivity index (χ2n) is 2.56. The van der Waals surface area contributed by atoms with E-state index in [2.05, 4.69) is 25.7 Å². The average molecular weight is 286 g/mol. The van der Waals surface area contributed by atoms with Gasteiger partial charge in [0.15, 0.2) is 0 Å². The number of hydrogen-bond donors (Lipinski definition) is 2. The van der Waals surface area contributed by atoms with Gasteiger partial charge in [-0.2, -0.15) is 0 Å². The summed E-state index contributed by atoms with van der Waals surface area (Å²) in [6, 6.07) is 1.26. The van der Waals surface area contributed by atoms with Crippen LogP contribution in [0.4, 0.5) is 18.9 Å². The highest BCUT2D eigenvalue weighted by atomic mass is 79.9. The summed E-state index contributed by atoms with van der Waals surface area (Å²) >= 11 is 2.85. The standard InChI is InChI=1S/C7H7BrF3N3O/c8-3-1-4(13)5(2-12)14-6(3)15-7(9,10)11/h1H,2,12-13H2. The van der Waals surface area contributed by atoms with Crippen molar-refractivity contribution in [2.45, 2.75) is 12.9 Å². The summed E-state index contributed by atoms with van der Waals surface area (Å²) in [5.41, 5.74) is 11.1. The van der Waals surface area contributed by atoms with E-state index in [1.165, 1.54) is 6.07 Å². The van der Waals surface area contributed by atoms with Crippen molar-refractivity contribution >= 4 is 21.6 Å². The van der Waals surface area contributed by atoms with Crippen molar-refractivity contribution in [3.63, 3.8) is 0 Å². The molecule has 8 heteroatoms. The summed E-state index contributed by atoms with van der Waals surface area (Å²) in [6.07, 6.45) is -4.79. The van der Waals surface area contributed by atoms with Crippen molar-refractivity contribution in [1.82, 2.24) is 4.98 Å². The first kappa shape index (κ1) is 12.1. The van der Waals surface area contributed by atoms with Crippen LogP contribution < -0.4 is 16.2 Å². The number of anilines is 1. The Bertz CT molecular complexity index is 369. The van der Waals surface area contributed by atoms with Crippen molar-refractivity contribution < 1.29 is 17.9 Å². The Morgan fingerprint density at radius 2 is 2.07 bits per heavy atom. The Kier molecular flexibility index (Phi) is 3.40. The molecule has 1 heterocycles. The van der Waals surface area contributed by atoms with Crippen LogP contribution in [0.1, 0.15) is 5.69 Å². The molecule has 0 fully saturated rings. The summed E-state index contributed by atoms with van der Waals surface area (Å²) in [6.45, 7) is -0.0622. The summed E-state index contributed by atoms with van der Waals surface area (Å²) in [5, 5.41) is 0. The van der Waals surface area contributed by atoms with E-state index in [-0.39, 0.29) is 22.4 Å². The Morgan fingerprint density at radius 3 is 2.53 bits per heavy atom. The first-order chi connectivity index (χ1) is 6.83. The van der Waals surface area contributed by atoms with E-state index in [9.17, 15) is 13.2 Å². The number of hydrogen-bond acceptors (Lipinski definition) is 4. The molecule has 84 valence electrons. The summed E-state index contributed by atoms with van der Waals surface area (Å²) in [4.78, 5) is 3.54. The Balaban J connectivity index is 3.08. The molecule has 4 nitrogen and oxygen atoms in total. The van der Waals surface area contributed by atoms with Gasteiger partial charge in [0.25, 0.3) is 0 Å². The highest BCUT2D eigenvalue weighted by Gasteiger charge is 2.33. The molecule has 0 radical (unpaired) electrons.